The molecule has 1 aromatic rings. The fourth-order valence-electron chi connectivity index (χ4n) is 2.36. The molecule has 1 aromatic carbocycles. The fourth-order valence-corrected chi connectivity index (χ4v) is 2.36. The molecule has 1 aliphatic rings. The van der Waals surface area contributed by atoms with E-state index in [0.717, 1.165) is 32.4 Å². The summed E-state index contributed by atoms with van der Waals surface area (Å²) in [6, 6.07) is 8.46. The number of hydrogen-bond donors (Lipinski definition) is 1. The molecular weight excluding hydrogens is 214 g/mol. The van der Waals surface area contributed by atoms with Crippen molar-refractivity contribution >= 4 is 11.7 Å². The Kier molecular flexibility index (Phi) is 3.67. The molecule has 0 amide bonds. The number of rotatable bonds is 2. The largest absolute Gasteiger partial charge is 0.481 e. The zero-order valence-corrected chi connectivity index (χ0v) is 10.2. The molecule has 92 valence electrons. The van der Waals surface area contributed by atoms with E-state index >= 15 is 0 Å². The van der Waals surface area contributed by atoms with Crippen molar-refractivity contribution in [3.8, 4) is 0 Å². The smallest absolute Gasteiger partial charge is 0.306 e. The highest BCUT2D eigenvalue weighted by Gasteiger charge is 2.22. The van der Waals surface area contributed by atoms with E-state index in [-0.39, 0.29) is 5.92 Å². The molecule has 0 saturated carbocycles. The summed E-state index contributed by atoms with van der Waals surface area (Å²) in [5.74, 6) is -0.804. The minimum atomic E-state index is -0.643. The predicted octanol–water partition coefficient (Wildman–Crippen LogP) is 2.69. The Morgan fingerprint density at radius 3 is 2.59 bits per heavy atom. The standard InChI is InChI=1S/C14H19NO2/c1-11-4-6-13(7-5-11)15-9-2-3-12(8-10-15)14(16)17/h4-7,12H,2-3,8-10H2,1H3,(H,16,17). The van der Waals surface area contributed by atoms with Crippen molar-refractivity contribution in [2.45, 2.75) is 26.2 Å². The number of benzene rings is 1. The van der Waals surface area contributed by atoms with E-state index in [0.29, 0.717) is 0 Å². The van der Waals surface area contributed by atoms with Gasteiger partial charge in [0.2, 0.25) is 0 Å². The molecule has 0 radical (unpaired) electrons. The molecule has 1 heterocycles. The molecule has 3 nitrogen and oxygen atoms in total. The normalized spacial score (nSPS) is 21.0. The Hall–Kier alpha value is -1.51. The van der Waals surface area contributed by atoms with E-state index in [9.17, 15) is 4.79 Å². The van der Waals surface area contributed by atoms with Gasteiger partial charge >= 0.3 is 5.97 Å². The predicted molar refractivity (Wildman–Crippen MR) is 68.4 cm³/mol. The highest BCUT2D eigenvalue weighted by Crippen LogP contribution is 2.23. The van der Waals surface area contributed by atoms with E-state index < -0.39 is 5.97 Å². The number of aryl methyl sites for hydroxylation is 1. The number of carboxylic acid groups (broad SMARTS) is 1. The first kappa shape index (κ1) is 12.0. The highest BCUT2D eigenvalue weighted by molar-refractivity contribution is 5.70. The molecule has 1 atom stereocenters. The van der Waals surface area contributed by atoms with E-state index in [1.54, 1.807) is 0 Å². The van der Waals surface area contributed by atoms with Crippen LogP contribution in [0.25, 0.3) is 0 Å². The molecule has 1 N–H and O–H groups in total. The van der Waals surface area contributed by atoms with Crippen molar-refractivity contribution in [3.63, 3.8) is 0 Å². The van der Waals surface area contributed by atoms with Crippen LogP contribution in [0.4, 0.5) is 5.69 Å². The maximum atomic E-state index is 11.0. The molecule has 0 aromatic heterocycles. The third kappa shape index (κ3) is 2.99. The second-order valence-corrected chi connectivity index (χ2v) is 4.79. The molecule has 0 bridgehead atoms. The van der Waals surface area contributed by atoms with Gasteiger partial charge in [-0.3, -0.25) is 4.79 Å². The van der Waals surface area contributed by atoms with Crippen LogP contribution in [0.2, 0.25) is 0 Å². The van der Waals surface area contributed by atoms with Crippen molar-refractivity contribution in [1.82, 2.24) is 0 Å². The first-order valence-electron chi connectivity index (χ1n) is 6.21. The minimum Gasteiger partial charge on any atom is -0.481 e. The van der Waals surface area contributed by atoms with Crippen molar-refractivity contribution in [1.29, 1.82) is 0 Å². The molecule has 1 fully saturated rings. The van der Waals surface area contributed by atoms with E-state index in [1.807, 2.05) is 0 Å². The van der Waals surface area contributed by atoms with Crippen LogP contribution in [-0.2, 0) is 4.79 Å². The van der Waals surface area contributed by atoms with Crippen molar-refractivity contribution in [2.75, 3.05) is 18.0 Å². The van der Waals surface area contributed by atoms with Gasteiger partial charge < -0.3 is 10.0 Å². The van der Waals surface area contributed by atoms with Gasteiger partial charge in [0.25, 0.3) is 0 Å². The summed E-state index contributed by atoms with van der Waals surface area (Å²) in [5, 5.41) is 9.04. The van der Waals surface area contributed by atoms with Gasteiger partial charge in [-0.25, -0.2) is 0 Å². The van der Waals surface area contributed by atoms with Crippen molar-refractivity contribution < 1.29 is 9.90 Å². The number of anilines is 1. The first-order chi connectivity index (χ1) is 8.16. The SMILES string of the molecule is Cc1ccc(N2CCCC(C(=O)O)CC2)cc1. The highest BCUT2D eigenvalue weighted by atomic mass is 16.4. The minimum absolute atomic E-state index is 0.162. The lowest BCUT2D eigenvalue weighted by molar-refractivity contribution is -0.142. The maximum Gasteiger partial charge on any atom is 0.306 e. The lowest BCUT2D eigenvalue weighted by Crippen LogP contribution is -2.24. The average Bonchev–Trinajstić information content (AvgIpc) is 2.55. The summed E-state index contributed by atoms with van der Waals surface area (Å²) in [5.41, 5.74) is 2.47. The fraction of sp³-hybridized carbons (Fsp3) is 0.500. The van der Waals surface area contributed by atoms with Crippen LogP contribution < -0.4 is 4.90 Å². The zero-order valence-electron chi connectivity index (χ0n) is 10.2. The summed E-state index contributed by atoms with van der Waals surface area (Å²) < 4.78 is 0. The molecule has 17 heavy (non-hydrogen) atoms. The monoisotopic (exact) mass is 233 g/mol. The summed E-state index contributed by atoms with van der Waals surface area (Å²) in [6.07, 6.45) is 2.52. The van der Waals surface area contributed by atoms with Gasteiger partial charge in [-0.15, -0.1) is 0 Å². The molecular formula is C14H19NO2. The number of carbonyl (C=O) groups is 1. The van der Waals surface area contributed by atoms with Crippen LogP contribution in [0.3, 0.4) is 0 Å². The third-order valence-electron chi connectivity index (χ3n) is 3.48. The maximum absolute atomic E-state index is 11.0. The molecule has 1 unspecified atom stereocenters. The third-order valence-corrected chi connectivity index (χ3v) is 3.48. The quantitative estimate of drug-likeness (QED) is 0.853. The van der Waals surface area contributed by atoms with Crippen molar-refractivity contribution in [2.24, 2.45) is 5.92 Å². The lowest BCUT2D eigenvalue weighted by Gasteiger charge is -2.22. The van der Waals surface area contributed by atoms with E-state index in [1.165, 1.54) is 11.3 Å². The zero-order chi connectivity index (χ0) is 12.3. The Morgan fingerprint density at radius 2 is 1.94 bits per heavy atom. The van der Waals surface area contributed by atoms with Crippen molar-refractivity contribution in [3.05, 3.63) is 29.8 Å². The Morgan fingerprint density at radius 1 is 1.24 bits per heavy atom. The second kappa shape index (κ2) is 5.21. The Bertz CT molecular complexity index is 386. The molecule has 2 rings (SSSR count). The molecule has 1 saturated heterocycles. The van der Waals surface area contributed by atoms with Gasteiger partial charge in [0.1, 0.15) is 0 Å². The summed E-state index contributed by atoms with van der Waals surface area (Å²) in [6.45, 7) is 3.89. The first-order valence-corrected chi connectivity index (χ1v) is 6.21. The molecule has 3 heteroatoms. The van der Waals surface area contributed by atoms with Crippen LogP contribution in [0.1, 0.15) is 24.8 Å². The molecule has 0 aliphatic carbocycles. The van der Waals surface area contributed by atoms with Gasteiger partial charge in [-0.05, 0) is 38.3 Å². The van der Waals surface area contributed by atoms with Gasteiger partial charge in [-0.2, -0.15) is 0 Å². The summed E-state index contributed by atoms with van der Waals surface area (Å²) in [7, 11) is 0. The number of carboxylic acids is 1. The van der Waals surface area contributed by atoms with Crippen LogP contribution in [0.5, 0.6) is 0 Å². The molecule has 0 spiro atoms. The lowest BCUT2D eigenvalue weighted by atomic mass is 10.0. The number of aliphatic carboxylic acids is 1. The topological polar surface area (TPSA) is 40.5 Å². The second-order valence-electron chi connectivity index (χ2n) is 4.79. The van der Waals surface area contributed by atoms with Gasteiger partial charge in [0, 0.05) is 18.8 Å². The van der Waals surface area contributed by atoms with Crippen LogP contribution in [-0.4, -0.2) is 24.2 Å². The summed E-state index contributed by atoms with van der Waals surface area (Å²) >= 11 is 0. The summed E-state index contributed by atoms with van der Waals surface area (Å²) in [4.78, 5) is 13.3. The van der Waals surface area contributed by atoms with Crippen LogP contribution in [0, 0.1) is 12.8 Å². The van der Waals surface area contributed by atoms with Gasteiger partial charge in [0.15, 0.2) is 0 Å². The van der Waals surface area contributed by atoms with E-state index in [4.69, 9.17) is 5.11 Å². The average molecular weight is 233 g/mol. The molecule has 1 aliphatic heterocycles. The Labute approximate surface area is 102 Å². The van der Waals surface area contributed by atoms with Gasteiger partial charge in [0.05, 0.1) is 5.92 Å². The number of nitrogens with zero attached hydrogens (tertiary/aromatic N) is 1. The Balaban J connectivity index is 2.03. The number of hydrogen-bond acceptors (Lipinski definition) is 2. The van der Waals surface area contributed by atoms with E-state index in [2.05, 4.69) is 36.1 Å². The van der Waals surface area contributed by atoms with Crippen LogP contribution >= 0.6 is 0 Å². The van der Waals surface area contributed by atoms with Crippen LogP contribution in [0.15, 0.2) is 24.3 Å². The van der Waals surface area contributed by atoms with Gasteiger partial charge in [-0.1, -0.05) is 17.7 Å².